The Bertz CT molecular complexity index is 1240. The van der Waals surface area contributed by atoms with Gasteiger partial charge in [-0.25, -0.2) is 13.4 Å². The summed E-state index contributed by atoms with van der Waals surface area (Å²) in [6.45, 7) is 4.19. The molecule has 0 radical (unpaired) electrons. The van der Waals surface area contributed by atoms with Gasteiger partial charge in [0.15, 0.2) is 15.0 Å². The predicted octanol–water partition coefficient (Wildman–Crippen LogP) is 4.35. The van der Waals surface area contributed by atoms with E-state index in [1.165, 1.54) is 23.5 Å². The van der Waals surface area contributed by atoms with Crippen LogP contribution in [-0.2, 0) is 9.84 Å². The van der Waals surface area contributed by atoms with Gasteiger partial charge in [-0.1, -0.05) is 29.0 Å². The molecule has 3 aromatic rings. The van der Waals surface area contributed by atoms with Crippen molar-refractivity contribution >= 4 is 54.0 Å². The second kappa shape index (κ2) is 9.74. The van der Waals surface area contributed by atoms with E-state index in [0.717, 1.165) is 4.70 Å². The predicted molar refractivity (Wildman–Crippen MR) is 130 cm³/mol. The molecule has 0 aliphatic rings. The van der Waals surface area contributed by atoms with Gasteiger partial charge in [-0.3, -0.25) is 9.69 Å². The number of sulfone groups is 1. The summed E-state index contributed by atoms with van der Waals surface area (Å²) in [5.74, 6) is 0.235. The molecule has 0 spiro atoms. The topological polar surface area (TPSA) is 79.8 Å². The molecule has 0 unspecified atom stereocenters. The molecule has 0 aliphatic heterocycles. The summed E-state index contributed by atoms with van der Waals surface area (Å²) >= 11 is 7.66. The fourth-order valence-electron chi connectivity index (χ4n) is 3.04. The molecule has 0 atom stereocenters. The number of carbonyl (C=O) groups excluding carboxylic acids is 1. The van der Waals surface area contributed by atoms with E-state index in [4.69, 9.17) is 16.3 Å². The standard InChI is InChI=1S/C22H26ClN3O4S2/c1-14(2)32(28,29)16-8-6-7-15(13-16)21(27)26(12-11-25(3)4)22-24-19-18(30-5)10-9-17(23)20(19)31-22/h6-10,13-14H,11-12H2,1-5H3. The first-order chi connectivity index (χ1) is 15.1. The number of hydrogen-bond acceptors (Lipinski definition) is 7. The highest BCUT2D eigenvalue weighted by Crippen LogP contribution is 2.39. The molecule has 1 aromatic heterocycles. The highest BCUT2D eigenvalue weighted by molar-refractivity contribution is 7.92. The van der Waals surface area contributed by atoms with Crippen LogP contribution in [0.4, 0.5) is 5.13 Å². The van der Waals surface area contributed by atoms with Gasteiger partial charge < -0.3 is 9.64 Å². The Balaban J connectivity index is 2.08. The number of carbonyl (C=O) groups is 1. The van der Waals surface area contributed by atoms with E-state index in [-0.39, 0.29) is 16.4 Å². The number of ether oxygens (including phenoxy) is 1. The van der Waals surface area contributed by atoms with E-state index in [1.54, 1.807) is 50.1 Å². The minimum atomic E-state index is -3.51. The monoisotopic (exact) mass is 495 g/mol. The first-order valence-corrected chi connectivity index (χ1v) is 12.7. The molecule has 7 nitrogen and oxygen atoms in total. The average Bonchev–Trinajstić information content (AvgIpc) is 3.20. The minimum Gasteiger partial charge on any atom is -0.494 e. The number of anilines is 1. The molecule has 1 amide bonds. The molecule has 0 bridgehead atoms. The van der Waals surface area contributed by atoms with Gasteiger partial charge in [0.25, 0.3) is 5.91 Å². The summed E-state index contributed by atoms with van der Waals surface area (Å²) in [5.41, 5.74) is 0.863. The van der Waals surface area contributed by atoms with Crippen LogP contribution >= 0.6 is 22.9 Å². The lowest BCUT2D eigenvalue weighted by Gasteiger charge is -2.22. The molecule has 0 saturated carbocycles. The van der Waals surface area contributed by atoms with Gasteiger partial charge in [0, 0.05) is 18.7 Å². The first kappa shape index (κ1) is 24.4. The van der Waals surface area contributed by atoms with Crippen LogP contribution in [0.25, 0.3) is 10.2 Å². The SMILES string of the molecule is COc1ccc(Cl)c2sc(N(CCN(C)C)C(=O)c3cccc(S(=O)(=O)C(C)C)c3)nc12. The summed E-state index contributed by atoms with van der Waals surface area (Å²) in [6, 6.07) is 9.62. The smallest absolute Gasteiger partial charge is 0.260 e. The Morgan fingerprint density at radius 2 is 1.91 bits per heavy atom. The van der Waals surface area contributed by atoms with Gasteiger partial charge in [0.1, 0.15) is 11.3 Å². The van der Waals surface area contributed by atoms with Crippen molar-refractivity contribution in [1.82, 2.24) is 9.88 Å². The quantitative estimate of drug-likeness (QED) is 0.462. The lowest BCUT2D eigenvalue weighted by molar-refractivity contribution is 0.0985. The molecule has 0 N–H and O–H groups in total. The summed E-state index contributed by atoms with van der Waals surface area (Å²) in [6.07, 6.45) is 0. The number of aromatic nitrogens is 1. The number of rotatable bonds is 8. The number of hydrogen-bond donors (Lipinski definition) is 0. The third kappa shape index (κ3) is 4.91. The molecule has 10 heteroatoms. The number of nitrogens with zero attached hydrogens (tertiary/aromatic N) is 3. The molecule has 32 heavy (non-hydrogen) atoms. The minimum absolute atomic E-state index is 0.125. The summed E-state index contributed by atoms with van der Waals surface area (Å²) in [4.78, 5) is 21.8. The van der Waals surface area contributed by atoms with E-state index in [0.29, 0.717) is 34.5 Å². The van der Waals surface area contributed by atoms with Crippen LogP contribution in [0.15, 0.2) is 41.3 Å². The van der Waals surface area contributed by atoms with Crippen LogP contribution in [0.5, 0.6) is 5.75 Å². The van der Waals surface area contributed by atoms with Crippen molar-refractivity contribution < 1.29 is 17.9 Å². The van der Waals surface area contributed by atoms with E-state index in [1.807, 2.05) is 19.0 Å². The molecule has 172 valence electrons. The average molecular weight is 496 g/mol. The molecule has 0 saturated heterocycles. The zero-order valence-electron chi connectivity index (χ0n) is 18.6. The Morgan fingerprint density at radius 1 is 1.19 bits per heavy atom. The first-order valence-electron chi connectivity index (χ1n) is 9.99. The lowest BCUT2D eigenvalue weighted by atomic mass is 10.2. The highest BCUT2D eigenvalue weighted by Gasteiger charge is 2.25. The zero-order valence-corrected chi connectivity index (χ0v) is 21.0. The lowest BCUT2D eigenvalue weighted by Crippen LogP contribution is -2.36. The number of thiazole rings is 1. The fourth-order valence-corrected chi connectivity index (χ4v) is 5.42. The maximum absolute atomic E-state index is 13.5. The Hall–Kier alpha value is -2.20. The Kier molecular flexibility index (Phi) is 7.44. The van der Waals surface area contributed by atoms with Crippen LogP contribution in [-0.4, -0.2) is 63.8 Å². The number of methoxy groups -OCH3 is 1. The van der Waals surface area contributed by atoms with Gasteiger partial charge in [-0.2, -0.15) is 0 Å². The van der Waals surface area contributed by atoms with Crippen LogP contribution in [0, 0.1) is 0 Å². The molecule has 2 aromatic carbocycles. The van der Waals surface area contributed by atoms with Gasteiger partial charge in [-0.15, -0.1) is 0 Å². The largest absolute Gasteiger partial charge is 0.494 e. The van der Waals surface area contributed by atoms with Crippen molar-refractivity contribution in [2.45, 2.75) is 24.0 Å². The van der Waals surface area contributed by atoms with Crippen molar-refractivity contribution in [3.05, 3.63) is 47.0 Å². The van der Waals surface area contributed by atoms with Crippen LogP contribution in [0.1, 0.15) is 24.2 Å². The van der Waals surface area contributed by atoms with Crippen molar-refractivity contribution in [1.29, 1.82) is 0 Å². The second-order valence-corrected chi connectivity index (χ2v) is 11.7. The number of likely N-dealkylation sites (N-methyl/N-ethyl adjacent to an activating group) is 1. The van der Waals surface area contributed by atoms with Gasteiger partial charge in [0.05, 0.1) is 27.0 Å². The third-order valence-electron chi connectivity index (χ3n) is 4.94. The molecule has 3 rings (SSSR count). The number of fused-ring (bicyclic) bond motifs is 1. The second-order valence-electron chi connectivity index (χ2n) is 7.81. The van der Waals surface area contributed by atoms with Crippen LogP contribution in [0.3, 0.4) is 0 Å². The van der Waals surface area contributed by atoms with Crippen molar-refractivity contribution in [3.63, 3.8) is 0 Å². The van der Waals surface area contributed by atoms with E-state index < -0.39 is 15.1 Å². The molecular weight excluding hydrogens is 470 g/mol. The molecular formula is C22H26ClN3O4S2. The van der Waals surface area contributed by atoms with E-state index >= 15 is 0 Å². The van der Waals surface area contributed by atoms with E-state index in [9.17, 15) is 13.2 Å². The summed E-state index contributed by atoms with van der Waals surface area (Å²) < 4.78 is 31.4. The number of halogens is 1. The number of amides is 1. The van der Waals surface area contributed by atoms with Gasteiger partial charge in [-0.05, 0) is 58.3 Å². The zero-order chi connectivity index (χ0) is 23.6. The Morgan fingerprint density at radius 3 is 2.53 bits per heavy atom. The fraction of sp³-hybridized carbons (Fsp3) is 0.364. The normalized spacial score (nSPS) is 12.0. The summed E-state index contributed by atoms with van der Waals surface area (Å²) in [5, 5.41) is 0.404. The summed E-state index contributed by atoms with van der Waals surface area (Å²) in [7, 11) is 1.87. The van der Waals surface area contributed by atoms with Crippen LogP contribution < -0.4 is 9.64 Å². The van der Waals surface area contributed by atoms with E-state index in [2.05, 4.69) is 4.98 Å². The van der Waals surface area contributed by atoms with Crippen LogP contribution in [0.2, 0.25) is 5.02 Å². The number of benzene rings is 2. The third-order valence-corrected chi connectivity index (χ3v) is 8.63. The highest BCUT2D eigenvalue weighted by atomic mass is 35.5. The van der Waals surface area contributed by atoms with Crippen molar-refractivity contribution in [3.8, 4) is 5.75 Å². The molecule has 0 aliphatic carbocycles. The van der Waals surface area contributed by atoms with Crippen molar-refractivity contribution in [2.75, 3.05) is 39.2 Å². The molecule has 1 heterocycles. The van der Waals surface area contributed by atoms with Crippen molar-refractivity contribution in [2.24, 2.45) is 0 Å². The maximum atomic E-state index is 13.5. The maximum Gasteiger partial charge on any atom is 0.260 e. The Labute approximate surface area is 197 Å². The van der Waals surface area contributed by atoms with Gasteiger partial charge in [0.2, 0.25) is 0 Å². The van der Waals surface area contributed by atoms with Gasteiger partial charge >= 0.3 is 0 Å². The molecule has 0 fully saturated rings.